The molecular weight excluding hydrogens is 378 g/mol. The van der Waals surface area contributed by atoms with Crippen LogP contribution in [0.4, 0.5) is 0 Å². The van der Waals surface area contributed by atoms with Crippen LogP contribution in [0.25, 0.3) is 0 Å². The Morgan fingerprint density at radius 2 is 1.96 bits per heavy atom. The summed E-state index contributed by atoms with van der Waals surface area (Å²) in [4.78, 5) is 24.9. The quantitative estimate of drug-likeness (QED) is 0.804. The Morgan fingerprint density at radius 1 is 1.21 bits per heavy atom. The van der Waals surface area contributed by atoms with Gasteiger partial charge in [0.1, 0.15) is 5.71 Å². The van der Waals surface area contributed by atoms with Crippen molar-refractivity contribution in [3.63, 3.8) is 0 Å². The van der Waals surface area contributed by atoms with E-state index in [9.17, 15) is 18.0 Å². The SMILES string of the molecule is O=C(NCC1(c2ccccc2)CCC1)C1=NN([C@@H]2CCS(=O)(=O)C2)C(=O)CC1. The molecule has 1 aliphatic carbocycles. The summed E-state index contributed by atoms with van der Waals surface area (Å²) in [7, 11) is -3.13. The molecular formula is C20H25N3O4S. The lowest BCUT2D eigenvalue weighted by Crippen LogP contribution is -2.49. The minimum absolute atomic E-state index is 0.0266. The summed E-state index contributed by atoms with van der Waals surface area (Å²) in [5.41, 5.74) is 1.52. The highest BCUT2D eigenvalue weighted by Crippen LogP contribution is 2.43. The van der Waals surface area contributed by atoms with Gasteiger partial charge < -0.3 is 5.32 Å². The van der Waals surface area contributed by atoms with Gasteiger partial charge in [0.25, 0.3) is 5.91 Å². The number of amides is 2. The lowest BCUT2D eigenvalue weighted by atomic mass is 9.64. The third-order valence-electron chi connectivity index (χ3n) is 6.16. The van der Waals surface area contributed by atoms with Gasteiger partial charge in [0.05, 0.1) is 17.5 Å². The van der Waals surface area contributed by atoms with E-state index in [1.54, 1.807) is 0 Å². The average Bonchev–Trinajstić information content (AvgIpc) is 3.01. The second kappa shape index (κ2) is 7.31. The van der Waals surface area contributed by atoms with Gasteiger partial charge in [-0.2, -0.15) is 5.10 Å². The van der Waals surface area contributed by atoms with Gasteiger partial charge in [-0.25, -0.2) is 13.4 Å². The molecule has 1 atom stereocenters. The third kappa shape index (κ3) is 3.70. The zero-order chi connectivity index (χ0) is 19.8. The highest BCUT2D eigenvalue weighted by atomic mass is 32.2. The van der Waals surface area contributed by atoms with Crippen LogP contribution >= 0.6 is 0 Å². The monoisotopic (exact) mass is 403 g/mol. The first-order valence-electron chi connectivity index (χ1n) is 9.82. The molecule has 28 heavy (non-hydrogen) atoms. The first kappa shape index (κ1) is 19.1. The number of nitrogens with one attached hydrogen (secondary N) is 1. The number of carbonyl (C=O) groups is 2. The van der Waals surface area contributed by atoms with Crippen LogP contribution in [0.2, 0.25) is 0 Å². The van der Waals surface area contributed by atoms with Gasteiger partial charge >= 0.3 is 0 Å². The summed E-state index contributed by atoms with van der Waals surface area (Å²) in [5.74, 6) is -0.481. The summed E-state index contributed by atoms with van der Waals surface area (Å²) in [6.45, 7) is 0.542. The summed E-state index contributed by atoms with van der Waals surface area (Å²) < 4.78 is 23.5. The van der Waals surface area contributed by atoms with Crippen LogP contribution in [-0.2, 0) is 24.8 Å². The molecule has 3 aliphatic rings. The lowest BCUT2D eigenvalue weighted by molar-refractivity contribution is -0.133. The molecule has 8 heteroatoms. The third-order valence-corrected chi connectivity index (χ3v) is 7.91. The highest BCUT2D eigenvalue weighted by Gasteiger charge is 2.40. The highest BCUT2D eigenvalue weighted by molar-refractivity contribution is 7.91. The number of hydrazone groups is 1. The molecule has 7 nitrogen and oxygen atoms in total. The van der Waals surface area contributed by atoms with E-state index in [-0.39, 0.29) is 35.2 Å². The molecule has 2 fully saturated rings. The molecule has 0 radical (unpaired) electrons. The van der Waals surface area contributed by atoms with Gasteiger partial charge in [0.15, 0.2) is 9.84 Å². The van der Waals surface area contributed by atoms with Gasteiger partial charge in [-0.05, 0) is 24.8 Å². The van der Waals surface area contributed by atoms with Gasteiger partial charge in [-0.3, -0.25) is 9.59 Å². The van der Waals surface area contributed by atoms with Crippen molar-refractivity contribution in [1.82, 2.24) is 10.3 Å². The summed E-state index contributed by atoms with van der Waals surface area (Å²) >= 11 is 0. The molecule has 4 rings (SSSR count). The largest absolute Gasteiger partial charge is 0.350 e. The van der Waals surface area contributed by atoms with E-state index in [2.05, 4.69) is 22.6 Å². The fraction of sp³-hybridized carbons (Fsp3) is 0.550. The Balaban J connectivity index is 1.44. The zero-order valence-corrected chi connectivity index (χ0v) is 16.6. The number of hydrogen-bond donors (Lipinski definition) is 1. The summed E-state index contributed by atoms with van der Waals surface area (Å²) in [5, 5.41) is 8.50. The number of nitrogens with zero attached hydrogens (tertiary/aromatic N) is 2. The van der Waals surface area contributed by atoms with Crippen molar-refractivity contribution < 1.29 is 18.0 Å². The van der Waals surface area contributed by atoms with Crippen molar-refractivity contribution in [3.8, 4) is 0 Å². The Morgan fingerprint density at radius 3 is 2.57 bits per heavy atom. The van der Waals surface area contributed by atoms with E-state index < -0.39 is 15.9 Å². The number of sulfone groups is 1. The topological polar surface area (TPSA) is 95.9 Å². The van der Waals surface area contributed by atoms with Crippen LogP contribution in [0.5, 0.6) is 0 Å². The Bertz CT molecular complexity index is 907. The average molecular weight is 404 g/mol. The minimum Gasteiger partial charge on any atom is -0.350 e. The van der Waals surface area contributed by atoms with Gasteiger partial charge in [-0.15, -0.1) is 0 Å². The molecule has 1 saturated carbocycles. The van der Waals surface area contributed by atoms with Crippen LogP contribution in [0.3, 0.4) is 0 Å². The fourth-order valence-corrected chi connectivity index (χ4v) is 5.99. The smallest absolute Gasteiger partial charge is 0.267 e. The molecule has 1 aromatic carbocycles. The molecule has 0 bridgehead atoms. The van der Waals surface area contributed by atoms with Crippen LogP contribution in [0.1, 0.15) is 44.1 Å². The lowest BCUT2D eigenvalue weighted by Gasteiger charge is -2.42. The van der Waals surface area contributed by atoms with Crippen LogP contribution in [0.15, 0.2) is 35.4 Å². The number of rotatable bonds is 5. The second-order valence-electron chi connectivity index (χ2n) is 8.02. The fourth-order valence-electron chi connectivity index (χ4n) is 4.30. The predicted octanol–water partition coefficient (Wildman–Crippen LogP) is 1.39. The molecule has 2 amide bonds. The summed E-state index contributed by atoms with van der Waals surface area (Å²) in [6.07, 6.45) is 4.07. The van der Waals surface area contributed by atoms with Crippen molar-refractivity contribution in [2.75, 3.05) is 18.1 Å². The van der Waals surface area contributed by atoms with Crippen molar-refractivity contribution in [2.24, 2.45) is 5.10 Å². The predicted molar refractivity (Wildman–Crippen MR) is 106 cm³/mol. The van der Waals surface area contributed by atoms with Gasteiger partial charge in [-0.1, -0.05) is 36.8 Å². The molecule has 0 spiro atoms. The van der Waals surface area contributed by atoms with E-state index in [0.29, 0.717) is 25.1 Å². The van der Waals surface area contributed by atoms with Crippen LogP contribution < -0.4 is 5.32 Å². The Hall–Kier alpha value is -2.22. The van der Waals surface area contributed by atoms with E-state index in [1.165, 1.54) is 10.6 Å². The number of hydrogen-bond acceptors (Lipinski definition) is 5. The molecule has 150 valence electrons. The van der Waals surface area contributed by atoms with E-state index in [0.717, 1.165) is 19.3 Å². The molecule has 2 aliphatic heterocycles. The first-order chi connectivity index (χ1) is 13.4. The molecule has 1 N–H and O–H groups in total. The van der Waals surface area contributed by atoms with Crippen molar-refractivity contribution in [3.05, 3.63) is 35.9 Å². The molecule has 1 saturated heterocycles. The second-order valence-corrected chi connectivity index (χ2v) is 10.3. The zero-order valence-electron chi connectivity index (χ0n) is 15.8. The van der Waals surface area contributed by atoms with E-state index in [1.807, 2.05) is 18.2 Å². The van der Waals surface area contributed by atoms with Crippen LogP contribution in [0, 0.1) is 0 Å². The maximum atomic E-state index is 12.7. The first-order valence-corrected chi connectivity index (χ1v) is 11.6. The molecule has 2 heterocycles. The molecule has 1 aromatic rings. The molecule has 0 unspecified atom stereocenters. The van der Waals surface area contributed by atoms with Crippen molar-refractivity contribution in [1.29, 1.82) is 0 Å². The number of benzene rings is 1. The van der Waals surface area contributed by atoms with E-state index >= 15 is 0 Å². The normalized spacial score (nSPS) is 25.7. The molecule has 0 aromatic heterocycles. The van der Waals surface area contributed by atoms with Gasteiger partial charge in [0, 0.05) is 24.8 Å². The maximum absolute atomic E-state index is 12.7. The Labute approximate surface area is 165 Å². The Kier molecular flexibility index (Phi) is 4.99. The van der Waals surface area contributed by atoms with Gasteiger partial charge in [0.2, 0.25) is 5.91 Å². The van der Waals surface area contributed by atoms with E-state index in [4.69, 9.17) is 0 Å². The minimum atomic E-state index is -3.13. The number of carbonyl (C=O) groups excluding carboxylic acids is 2. The van der Waals surface area contributed by atoms with Crippen molar-refractivity contribution in [2.45, 2.75) is 50.0 Å². The maximum Gasteiger partial charge on any atom is 0.267 e. The van der Waals surface area contributed by atoms with Crippen LogP contribution in [-0.4, -0.2) is 55.0 Å². The summed E-state index contributed by atoms with van der Waals surface area (Å²) in [6, 6.07) is 9.76. The van der Waals surface area contributed by atoms with Crippen molar-refractivity contribution >= 4 is 27.4 Å². The standard InChI is InChI=1S/C20H25N3O4S/c24-18-8-7-17(22-23(18)16-9-12-28(26,27)13-16)19(25)21-14-20(10-4-11-20)15-5-2-1-3-6-15/h1-3,5-6,16H,4,7-14H2,(H,21,25)/t16-/m1/s1.